The zero-order chi connectivity index (χ0) is 24.8. The van der Waals surface area contributed by atoms with Crippen molar-refractivity contribution in [1.82, 2.24) is 9.88 Å². The maximum absolute atomic E-state index is 12.8. The third-order valence-electron chi connectivity index (χ3n) is 5.92. The quantitative estimate of drug-likeness (QED) is 0.463. The molecule has 1 heterocycles. The van der Waals surface area contributed by atoms with Crippen molar-refractivity contribution in [2.45, 2.75) is 25.7 Å². The van der Waals surface area contributed by atoms with Gasteiger partial charge in [0.2, 0.25) is 0 Å². The van der Waals surface area contributed by atoms with Gasteiger partial charge in [0, 0.05) is 19.0 Å². The lowest BCUT2D eigenvalue weighted by Crippen LogP contribution is -2.34. The van der Waals surface area contributed by atoms with Gasteiger partial charge in [0.05, 0.1) is 6.42 Å². The second-order valence-corrected chi connectivity index (χ2v) is 8.29. The van der Waals surface area contributed by atoms with Crippen molar-refractivity contribution >= 4 is 23.8 Å². The van der Waals surface area contributed by atoms with Crippen LogP contribution in [0.4, 0.5) is 10.6 Å². The van der Waals surface area contributed by atoms with Gasteiger partial charge in [-0.15, -0.1) is 0 Å². The lowest BCUT2D eigenvalue weighted by Gasteiger charge is -2.21. The molecular weight excluding hydrogens is 446 g/mol. The molecule has 3 aromatic rings. The number of benzene rings is 2. The van der Waals surface area contributed by atoms with Gasteiger partial charge < -0.3 is 14.7 Å². The van der Waals surface area contributed by atoms with E-state index in [2.05, 4.69) is 22.4 Å². The van der Waals surface area contributed by atoms with E-state index < -0.39 is 12.1 Å². The molecule has 1 aliphatic carbocycles. The maximum atomic E-state index is 12.8. The number of carbonyl (C=O) groups excluding carboxylic acids is 2. The number of carbonyl (C=O) groups is 3. The van der Waals surface area contributed by atoms with E-state index in [0.717, 1.165) is 22.3 Å². The maximum Gasteiger partial charge on any atom is 0.412 e. The third-order valence-corrected chi connectivity index (χ3v) is 5.92. The summed E-state index contributed by atoms with van der Waals surface area (Å²) in [7, 11) is 0. The molecule has 35 heavy (non-hydrogen) atoms. The zero-order valence-corrected chi connectivity index (χ0v) is 19.4. The number of nitrogens with zero attached hydrogens (tertiary/aromatic N) is 2. The first-order chi connectivity index (χ1) is 17.0. The highest BCUT2D eigenvalue weighted by atomic mass is 16.5. The predicted molar refractivity (Wildman–Crippen MR) is 131 cm³/mol. The third kappa shape index (κ3) is 5.48. The molecule has 0 spiro atoms. The van der Waals surface area contributed by atoms with Gasteiger partial charge in [-0.25, -0.2) is 9.78 Å². The fourth-order valence-corrected chi connectivity index (χ4v) is 4.34. The Morgan fingerprint density at radius 2 is 1.60 bits per heavy atom. The number of amides is 2. The summed E-state index contributed by atoms with van der Waals surface area (Å²) < 4.78 is 5.54. The van der Waals surface area contributed by atoms with Gasteiger partial charge in [-0.3, -0.25) is 14.9 Å². The Labute approximate surface area is 203 Å². The molecule has 8 heteroatoms. The molecule has 0 aliphatic heterocycles. The van der Waals surface area contributed by atoms with Gasteiger partial charge in [-0.2, -0.15) is 0 Å². The molecule has 0 saturated carbocycles. The highest BCUT2D eigenvalue weighted by Gasteiger charge is 2.29. The number of anilines is 1. The number of pyridine rings is 1. The van der Waals surface area contributed by atoms with E-state index in [0.29, 0.717) is 13.0 Å². The number of rotatable bonds is 9. The van der Waals surface area contributed by atoms with Crippen LogP contribution in [-0.2, 0) is 9.53 Å². The number of ether oxygens (including phenoxy) is 1. The number of carboxylic acids is 1. The summed E-state index contributed by atoms with van der Waals surface area (Å²) in [5, 5.41) is 11.5. The average molecular weight is 474 g/mol. The van der Waals surface area contributed by atoms with Crippen LogP contribution >= 0.6 is 0 Å². The first-order valence-corrected chi connectivity index (χ1v) is 11.6. The molecule has 0 saturated heterocycles. The minimum Gasteiger partial charge on any atom is -0.481 e. The average Bonchev–Trinajstić information content (AvgIpc) is 3.18. The van der Waals surface area contributed by atoms with E-state index in [-0.39, 0.29) is 42.9 Å². The fraction of sp³-hybridized carbons (Fsp3) is 0.259. The minimum absolute atomic E-state index is 0.0640. The van der Waals surface area contributed by atoms with Crippen LogP contribution in [0.1, 0.15) is 47.3 Å². The number of carboxylic acid groups (broad SMARTS) is 1. The molecule has 180 valence electrons. The van der Waals surface area contributed by atoms with Crippen molar-refractivity contribution < 1.29 is 24.2 Å². The molecule has 0 atom stereocenters. The molecule has 8 nitrogen and oxygen atoms in total. The molecule has 1 aromatic heterocycles. The van der Waals surface area contributed by atoms with Crippen molar-refractivity contribution in [1.29, 1.82) is 0 Å². The van der Waals surface area contributed by atoms with Crippen molar-refractivity contribution in [2.24, 2.45) is 0 Å². The summed E-state index contributed by atoms with van der Waals surface area (Å²) in [4.78, 5) is 42.0. The first-order valence-electron chi connectivity index (χ1n) is 11.6. The van der Waals surface area contributed by atoms with Crippen LogP contribution in [0.2, 0.25) is 0 Å². The summed E-state index contributed by atoms with van der Waals surface area (Å²) in [6.07, 6.45) is -0.132. The fourth-order valence-electron chi connectivity index (χ4n) is 4.34. The highest BCUT2D eigenvalue weighted by Crippen LogP contribution is 2.44. The Morgan fingerprint density at radius 1 is 0.943 bits per heavy atom. The summed E-state index contributed by atoms with van der Waals surface area (Å²) in [6, 6.07) is 20.9. The summed E-state index contributed by atoms with van der Waals surface area (Å²) in [5.41, 5.74) is 4.64. The first kappa shape index (κ1) is 23.9. The van der Waals surface area contributed by atoms with E-state index in [1.54, 1.807) is 12.1 Å². The second-order valence-electron chi connectivity index (χ2n) is 8.29. The molecule has 2 N–H and O–H groups in total. The monoisotopic (exact) mass is 473 g/mol. The second kappa shape index (κ2) is 10.8. The number of aliphatic carboxylic acids is 1. The smallest absolute Gasteiger partial charge is 0.412 e. The van der Waals surface area contributed by atoms with Gasteiger partial charge in [0.25, 0.3) is 5.91 Å². The van der Waals surface area contributed by atoms with Crippen LogP contribution in [0.25, 0.3) is 11.1 Å². The number of fused-ring (bicyclic) bond motifs is 3. The zero-order valence-electron chi connectivity index (χ0n) is 19.4. The number of aromatic nitrogens is 1. The highest BCUT2D eigenvalue weighted by molar-refractivity contribution is 5.93. The standard InChI is InChI=1S/C27H27N3O5/c1-2-15-30(16-14-25(31)32)26(33)23-12-7-13-24(28-23)29-27(34)35-17-22-20-10-5-3-8-18(20)19-9-4-6-11-21(19)22/h3-13,22H,2,14-17H2,1H3,(H,31,32)(H,28,29,34). The van der Waals surface area contributed by atoms with Crippen LogP contribution in [-0.4, -0.2) is 52.7 Å². The number of hydrogen-bond donors (Lipinski definition) is 2. The van der Waals surface area contributed by atoms with E-state index in [4.69, 9.17) is 9.84 Å². The largest absolute Gasteiger partial charge is 0.481 e. The Bertz CT molecular complexity index is 1200. The van der Waals surface area contributed by atoms with Crippen molar-refractivity contribution in [3.63, 3.8) is 0 Å². The molecule has 0 bridgehead atoms. The van der Waals surface area contributed by atoms with Crippen molar-refractivity contribution in [3.05, 3.63) is 83.6 Å². The van der Waals surface area contributed by atoms with E-state index in [9.17, 15) is 14.4 Å². The Balaban J connectivity index is 1.41. The van der Waals surface area contributed by atoms with E-state index in [1.807, 2.05) is 43.3 Å². The summed E-state index contributed by atoms with van der Waals surface area (Å²) >= 11 is 0. The van der Waals surface area contributed by atoms with Crippen LogP contribution in [0.5, 0.6) is 0 Å². The summed E-state index contributed by atoms with van der Waals surface area (Å²) in [5.74, 6) is -1.24. The minimum atomic E-state index is -0.975. The molecule has 2 aromatic carbocycles. The van der Waals surface area contributed by atoms with E-state index in [1.165, 1.54) is 11.0 Å². The topological polar surface area (TPSA) is 109 Å². The van der Waals surface area contributed by atoms with Gasteiger partial charge >= 0.3 is 12.1 Å². The lowest BCUT2D eigenvalue weighted by atomic mass is 9.98. The normalized spacial score (nSPS) is 11.9. The molecule has 4 rings (SSSR count). The molecule has 1 aliphatic rings. The van der Waals surface area contributed by atoms with Gasteiger partial charge in [-0.05, 0) is 40.8 Å². The Morgan fingerprint density at radius 3 is 2.23 bits per heavy atom. The number of hydrogen-bond acceptors (Lipinski definition) is 5. The van der Waals surface area contributed by atoms with Crippen LogP contribution in [0, 0.1) is 0 Å². The lowest BCUT2D eigenvalue weighted by molar-refractivity contribution is -0.137. The summed E-state index contributed by atoms with van der Waals surface area (Å²) in [6.45, 7) is 2.58. The molecular formula is C27H27N3O5. The van der Waals surface area contributed by atoms with Crippen LogP contribution in [0.15, 0.2) is 66.7 Å². The molecule has 0 radical (unpaired) electrons. The van der Waals surface area contributed by atoms with Gasteiger partial charge in [0.1, 0.15) is 18.1 Å². The molecule has 2 amide bonds. The van der Waals surface area contributed by atoms with Crippen LogP contribution in [0.3, 0.4) is 0 Å². The molecule has 0 fully saturated rings. The van der Waals surface area contributed by atoms with Crippen LogP contribution < -0.4 is 5.32 Å². The van der Waals surface area contributed by atoms with E-state index >= 15 is 0 Å². The molecule has 0 unspecified atom stereocenters. The van der Waals surface area contributed by atoms with Gasteiger partial charge in [-0.1, -0.05) is 61.5 Å². The number of nitrogens with one attached hydrogen (secondary N) is 1. The Kier molecular flexibility index (Phi) is 7.40. The Hall–Kier alpha value is -4.20. The SMILES string of the molecule is CCCN(CCC(=O)O)C(=O)c1cccc(NC(=O)OCC2c3ccccc3-c3ccccc32)n1. The van der Waals surface area contributed by atoms with Crippen molar-refractivity contribution in [3.8, 4) is 11.1 Å². The van der Waals surface area contributed by atoms with Crippen molar-refractivity contribution in [2.75, 3.05) is 25.0 Å². The van der Waals surface area contributed by atoms with Gasteiger partial charge in [0.15, 0.2) is 0 Å². The predicted octanol–water partition coefficient (Wildman–Crippen LogP) is 4.77.